The highest BCUT2D eigenvalue weighted by molar-refractivity contribution is 5.66. The molecule has 1 aromatic heterocycles. The minimum Gasteiger partial charge on any atom is -0.481 e. The molecule has 140 valence electrons. The van der Waals surface area contributed by atoms with Crippen LogP contribution in [-0.4, -0.2) is 34.0 Å². The van der Waals surface area contributed by atoms with Crippen molar-refractivity contribution in [1.29, 1.82) is 0 Å². The van der Waals surface area contributed by atoms with Crippen LogP contribution in [0.25, 0.3) is 11.3 Å². The molecule has 0 saturated carbocycles. The summed E-state index contributed by atoms with van der Waals surface area (Å²) in [7, 11) is 0. The lowest BCUT2D eigenvalue weighted by molar-refractivity contribution is -0.137. The smallest absolute Gasteiger partial charge is 0.303 e. The molecule has 5 heteroatoms. The summed E-state index contributed by atoms with van der Waals surface area (Å²) in [5.74, 6) is 1.31. The predicted octanol–water partition coefficient (Wildman–Crippen LogP) is 4.86. The van der Waals surface area contributed by atoms with Crippen LogP contribution in [0.15, 0.2) is 34.7 Å². The molecule has 3 rings (SSSR count). The molecular formula is C21H28N2O3. The highest BCUT2D eigenvalue weighted by atomic mass is 16.4. The highest BCUT2D eigenvalue weighted by Crippen LogP contribution is 2.37. The minimum absolute atomic E-state index is 0.204. The van der Waals surface area contributed by atoms with Gasteiger partial charge in [0.15, 0.2) is 0 Å². The molecule has 5 nitrogen and oxygen atoms in total. The van der Waals surface area contributed by atoms with Crippen LogP contribution in [-0.2, 0) is 4.79 Å². The van der Waals surface area contributed by atoms with E-state index in [0.29, 0.717) is 0 Å². The van der Waals surface area contributed by atoms with Crippen molar-refractivity contribution in [3.63, 3.8) is 0 Å². The van der Waals surface area contributed by atoms with Gasteiger partial charge in [-0.25, -0.2) is 4.98 Å². The number of carboxylic acids is 1. The van der Waals surface area contributed by atoms with Crippen LogP contribution in [0, 0.1) is 0 Å². The van der Waals surface area contributed by atoms with Crippen LogP contribution in [0.3, 0.4) is 0 Å². The third kappa shape index (κ3) is 4.33. The summed E-state index contributed by atoms with van der Waals surface area (Å²) in [6, 6.07) is 10.4. The van der Waals surface area contributed by atoms with Crippen molar-refractivity contribution < 1.29 is 14.3 Å². The fraction of sp³-hybridized carbons (Fsp3) is 0.524. The predicted molar refractivity (Wildman–Crippen MR) is 101 cm³/mol. The molecule has 0 aliphatic carbocycles. The number of aliphatic carboxylic acids is 1. The van der Waals surface area contributed by atoms with Crippen molar-refractivity contribution in [2.24, 2.45) is 0 Å². The molecule has 1 saturated heterocycles. The van der Waals surface area contributed by atoms with Gasteiger partial charge in [-0.3, -0.25) is 9.69 Å². The van der Waals surface area contributed by atoms with Gasteiger partial charge in [0.25, 0.3) is 0 Å². The third-order valence-electron chi connectivity index (χ3n) is 4.98. The van der Waals surface area contributed by atoms with Crippen LogP contribution >= 0.6 is 0 Å². The average Bonchev–Trinajstić information content (AvgIpc) is 3.26. The second-order valence-electron chi connectivity index (χ2n) is 7.33. The van der Waals surface area contributed by atoms with Gasteiger partial charge < -0.3 is 9.52 Å². The summed E-state index contributed by atoms with van der Waals surface area (Å²) < 4.78 is 6.24. The van der Waals surface area contributed by atoms with Gasteiger partial charge in [0.1, 0.15) is 11.5 Å². The summed E-state index contributed by atoms with van der Waals surface area (Å²) in [5, 5.41) is 8.79. The maximum absolute atomic E-state index is 10.7. The molecule has 1 fully saturated rings. The van der Waals surface area contributed by atoms with Gasteiger partial charge in [0.05, 0.1) is 6.04 Å². The number of hydrogen-bond acceptors (Lipinski definition) is 4. The molecule has 1 aliphatic rings. The molecule has 1 unspecified atom stereocenters. The molecular weight excluding hydrogens is 328 g/mol. The Labute approximate surface area is 155 Å². The first-order valence-corrected chi connectivity index (χ1v) is 9.58. The summed E-state index contributed by atoms with van der Waals surface area (Å²) in [6.07, 6.45) is 4.03. The highest BCUT2D eigenvalue weighted by Gasteiger charge is 2.31. The zero-order valence-electron chi connectivity index (χ0n) is 15.6. The maximum Gasteiger partial charge on any atom is 0.303 e. The van der Waals surface area contributed by atoms with E-state index in [1.54, 1.807) is 0 Å². The van der Waals surface area contributed by atoms with Crippen molar-refractivity contribution in [3.8, 4) is 11.3 Å². The Morgan fingerprint density at radius 2 is 2.08 bits per heavy atom. The van der Waals surface area contributed by atoms with Crippen LogP contribution < -0.4 is 0 Å². The zero-order valence-corrected chi connectivity index (χ0v) is 15.6. The van der Waals surface area contributed by atoms with Crippen molar-refractivity contribution >= 4 is 5.97 Å². The van der Waals surface area contributed by atoms with Gasteiger partial charge in [0, 0.05) is 17.9 Å². The van der Waals surface area contributed by atoms with E-state index in [1.165, 1.54) is 0 Å². The van der Waals surface area contributed by atoms with Crippen LogP contribution in [0.2, 0.25) is 0 Å². The SMILES string of the molecule is CC(C)c1oc(C2CCCN2CCCCC(=O)O)nc1-c1ccccc1. The number of unbranched alkanes of at least 4 members (excludes halogenated alkanes) is 1. The van der Waals surface area contributed by atoms with Crippen LogP contribution in [0.1, 0.15) is 69.6 Å². The Bertz CT molecular complexity index is 724. The van der Waals surface area contributed by atoms with E-state index in [-0.39, 0.29) is 18.4 Å². The summed E-state index contributed by atoms with van der Waals surface area (Å²) in [5.41, 5.74) is 2.05. The molecule has 0 bridgehead atoms. The van der Waals surface area contributed by atoms with Crippen LogP contribution in [0.5, 0.6) is 0 Å². The molecule has 0 amide bonds. The molecule has 1 aromatic carbocycles. The number of aromatic nitrogens is 1. The molecule has 2 heterocycles. The first-order chi connectivity index (χ1) is 12.6. The Hall–Kier alpha value is -2.14. The van der Waals surface area contributed by atoms with E-state index >= 15 is 0 Å². The van der Waals surface area contributed by atoms with Gasteiger partial charge in [-0.1, -0.05) is 44.2 Å². The van der Waals surface area contributed by atoms with Gasteiger partial charge in [-0.05, 0) is 38.8 Å². The number of carboxylic acid groups (broad SMARTS) is 1. The number of rotatable bonds is 8. The minimum atomic E-state index is -0.718. The van der Waals surface area contributed by atoms with E-state index in [0.717, 1.165) is 61.7 Å². The van der Waals surface area contributed by atoms with E-state index < -0.39 is 5.97 Å². The van der Waals surface area contributed by atoms with Crippen molar-refractivity contribution in [2.45, 2.75) is 57.9 Å². The Morgan fingerprint density at radius 1 is 1.31 bits per heavy atom. The fourth-order valence-electron chi connectivity index (χ4n) is 3.65. The molecule has 1 N–H and O–H groups in total. The lowest BCUT2D eigenvalue weighted by Crippen LogP contribution is -2.24. The topological polar surface area (TPSA) is 66.6 Å². The number of nitrogens with zero attached hydrogens (tertiary/aromatic N) is 2. The molecule has 0 spiro atoms. The molecule has 0 radical (unpaired) electrons. The summed E-state index contributed by atoms with van der Waals surface area (Å²) in [4.78, 5) is 18.0. The number of oxazole rings is 1. The van der Waals surface area contributed by atoms with Crippen molar-refractivity contribution in [3.05, 3.63) is 42.0 Å². The van der Waals surface area contributed by atoms with Gasteiger partial charge >= 0.3 is 5.97 Å². The van der Waals surface area contributed by atoms with E-state index in [1.807, 2.05) is 18.2 Å². The summed E-state index contributed by atoms with van der Waals surface area (Å²) >= 11 is 0. The fourth-order valence-corrected chi connectivity index (χ4v) is 3.65. The zero-order chi connectivity index (χ0) is 18.5. The maximum atomic E-state index is 10.7. The van der Waals surface area contributed by atoms with Crippen molar-refractivity contribution in [2.75, 3.05) is 13.1 Å². The van der Waals surface area contributed by atoms with Gasteiger partial charge in [-0.2, -0.15) is 0 Å². The largest absolute Gasteiger partial charge is 0.481 e. The summed E-state index contributed by atoms with van der Waals surface area (Å²) in [6.45, 7) is 6.19. The number of carbonyl (C=O) groups is 1. The monoisotopic (exact) mass is 356 g/mol. The first-order valence-electron chi connectivity index (χ1n) is 9.58. The Balaban J connectivity index is 1.76. The first kappa shape index (κ1) is 18.6. The Morgan fingerprint density at radius 3 is 2.77 bits per heavy atom. The van der Waals surface area contributed by atoms with E-state index in [9.17, 15) is 4.79 Å². The lowest BCUT2D eigenvalue weighted by Gasteiger charge is -2.21. The molecule has 1 atom stereocenters. The molecule has 1 aliphatic heterocycles. The third-order valence-corrected chi connectivity index (χ3v) is 4.98. The second-order valence-corrected chi connectivity index (χ2v) is 7.33. The molecule has 2 aromatic rings. The number of hydrogen-bond donors (Lipinski definition) is 1. The number of likely N-dealkylation sites (tertiary alicyclic amines) is 1. The van der Waals surface area contributed by atoms with Gasteiger partial charge in [-0.15, -0.1) is 0 Å². The van der Waals surface area contributed by atoms with E-state index in [4.69, 9.17) is 14.5 Å². The van der Waals surface area contributed by atoms with E-state index in [2.05, 4.69) is 30.9 Å². The van der Waals surface area contributed by atoms with Crippen LogP contribution in [0.4, 0.5) is 0 Å². The second kappa shape index (κ2) is 8.49. The standard InChI is InChI=1S/C21H28N2O3/c1-15(2)20-19(16-9-4-3-5-10-16)22-21(26-20)17-11-8-14-23(17)13-7-6-12-18(24)25/h3-5,9-10,15,17H,6-8,11-14H2,1-2H3,(H,24,25). The lowest BCUT2D eigenvalue weighted by atomic mass is 10.0. The number of benzene rings is 1. The quantitative estimate of drug-likeness (QED) is 0.684. The van der Waals surface area contributed by atoms with Gasteiger partial charge in [0.2, 0.25) is 5.89 Å². The van der Waals surface area contributed by atoms with Crippen molar-refractivity contribution in [1.82, 2.24) is 9.88 Å². The Kier molecular flexibility index (Phi) is 6.09. The normalized spacial score (nSPS) is 17.9. The molecule has 26 heavy (non-hydrogen) atoms. The average molecular weight is 356 g/mol.